The van der Waals surface area contributed by atoms with E-state index in [0.29, 0.717) is 0 Å². The first-order valence-electron chi connectivity index (χ1n) is 9.87. The summed E-state index contributed by atoms with van der Waals surface area (Å²) in [6.07, 6.45) is -11.5. The minimum atomic E-state index is -1.86. The Bertz CT molecular complexity index is 1080. The van der Waals surface area contributed by atoms with Crippen LogP contribution in [0.2, 0.25) is 0 Å². The Labute approximate surface area is 185 Å². The zero-order valence-corrected chi connectivity index (χ0v) is 16.8. The molecule has 12 heteroatoms. The highest BCUT2D eigenvalue weighted by molar-refractivity contribution is 6.06. The van der Waals surface area contributed by atoms with E-state index in [0.717, 1.165) is 18.2 Å². The molecule has 12 nitrogen and oxygen atoms in total. The van der Waals surface area contributed by atoms with Gasteiger partial charge in [0.2, 0.25) is 5.78 Å². The molecule has 2 unspecified atom stereocenters. The van der Waals surface area contributed by atoms with E-state index in [4.69, 9.17) is 9.47 Å². The second-order valence-electron chi connectivity index (χ2n) is 7.88. The molecule has 0 radical (unpaired) electrons. The third kappa shape index (κ3) is 3.62. The first-order valence-corrected chi connectivity index (χ1v) is 9.87. The Morgan fingerprint density at radius 3 is 2.15 bits per heavy atom. The number of fused-ring (bicyclic) bond motifs is 1. The number of rotatable bonds is 3. The van der Waals surface area contributed by atoms with Gasteiger partial charge < -0.3 is 55.4 Å². The molecule has 2 heterocycles. The number of phenolic OH excluding ortho intramolecular Hbond substituents is 4. The van der Waals surface area contributed by atoms with E-state index in [1.165, 1.54) is 6.07 Å². The quantitative estimate of drug-likeness (QED) is 0.241. The van der Waals surface area contributed by atoms with Gasteiger partial charge in [0.1, 0.15) is 53.3 Å². The number of aliphatic hydroxyl groups is 5. The van der Waals surface area contributed by atoms with Crippen LogP contribution in [0.3, 0.4) is 0 Å². The number of hydrogen-bond donors (Lipinski definition) is 9. The van der Waals surface area contributed by atoms with Crippen LogP contribution in [0.15, 0.2) is 24.3 Å². The van der Waals surface area contributed by atoms with Crippen molar-refractivity contribution >= 4 is 5.78 Å². The Balaban J connectivity index is 1.77. The molecule has 33 heavy (non-hydrogen) atoms. The summed E-state index contributed by atoms with van der Waals surface area (Å²) in [5.41, 5.74) is -0.934. The first kappa shape index (κ1) is 23.0. The molecule has 0 aromatic heterocycles. The van der Waals surface area contributed by atoms with Crippen molar-refractivity contribution in [3.05, 3.63) is 41.0 Å². The highest BCUT2D eigenvalue weighted by Gasteiger charge is 2.48. The van der Waals surface area contributed by atoms with Gasteiger partial charge in [0, 0.05) is 6.07 Å². The fourth-order valence-electron chi connectivity index (χ4n) is 4.05. The number of Topliss-reactive ketones (excluding diaryl/α,β-unsaturated/α-hetero) is 1. The molecule has 4 rings (SSSR count). The van der Waals surface area contributed by atoms with Crippen molar-refractivity contribution in [1.29, 1.82) is 0 Å². The number of ether oxygens (including phenoxy) is 2. The van der Waals surface area contributed by atoms with E-state index in [1.54, 1.807) is 0 Å². The molecule has 2 aliphatic rings. The molecule has 0 spiro atoms. The molecular formula is C21H22O12. The molecule has 0 saturated carbocycles. The molecule has 2 aromatic carbocycles. The molecule has 2 aliphatic heterocycles. The number of benzene rings is 2. The summed E-state index contributed by atoms with van der Waals surface area (Å²) >= 11 is 0. The lowest BCUT2D eigenvalue weighted by Crippen LogP contribution is -2.55. The van der Waals surface area contributed by atoms with Crippen LogP contribution in [0.25, 0.3) is 0 Å². The van der Waals surface area contributed by atoms with Crippen LogP contribution in [0.5, 0.6) is 28.7 Å². The Kier molecular flexibility index (Phi) is 5.82. The zero-order valence-electron chi connectivity index (χ0n) is 16.8. The normalized spacial score (nSPS) is 31.7. The van der Waals surface area contributed by atoms with Crippen molar-refractivity contribution in [2.75, 3.05) is 6.61 Å². The summed E-state index contributed by atoms with van der Waals surface area (Å²) in [7, 11) is 0. The van der Waals surface area contributed by atoms with Gasteiger partial charge in [-0.15, -0.1) is 0 Å². The van der Waals surface area contributed by atoms with Gasteiger partial charge in [0.05, 0.1) is 12.2 Å². The summed E-state index contributed by atoms with van der Waals surface area (Å²) in [6, 6.07) is 4.42. The van der Waals surface area contributed by atoms with E-state index in [2.05, 4.69) is 0 Å². The second-order valence-corrected chi connectivity index (χ2v) is 7.88. The predicted octanol–water partition coefficient (Wildman–Crippen LogP) is -1.30. The van der Waals surface area contributed by atoms with E-state index >= 15 is 0 Å². The minimum Gasteiger partial charge on any atom is -0.507 e. The molecule has 9 N–H and O–H groups in total. The molecule has 1 fully saturated rings. The number of ketones is 1. The van der Waals surface area contributed by atoms with E-state index in [1.807, 2.05) is 0 Å². The molecule has 0 aliphatic carbocycles. The highest BCUT2D eigenvalue weighted by atomic mass is 16.5. The van der Waals surface area contributed by atoms with Crippen molar-refractivity contribution in [3.63, 3.8) is 0 Å². The third-order valence-electron chi connectivity index (χ3n) is 5.84. The Morgan fingerprint density at radius 1 is 0.818 bits per heavy atom. The van der Waals surface area contributed by atoms with Crippen molar-refractivity contribution < 1.29 is 60.2 Å². The van der Waals surface area contributed by atoms with Crippen molar-refractivity contribution in [2.24, 2.45) is 0 Å². The molecule has 2 aromatic rings. The summed E-state index contributed by atoms with van der Waals surface area (Å²) in [5.74, 6) is -3.90. The Hall–Kier alpha value is -3.13. The van der Waals surface area contributed by atoms with Crippen molar-refractivity contribution in [2.45, 2.75) is 42.7 Å². The zero-order chi connectivity index (χ0) is 24.2. The van der Waals surface area contributed by atoms with Crippen LogP contribution in [0.4, 0.5) is 0 Å². The van der Waals surface area contributed by atoms with E-state index in [-0.39, 0.29) is 11.3 Å². The van der Waals surface area contributed by atoms with Gasteiger partial charge in [-0.25, -0.2) is 0 Å². The number of carbonyl (C=O) groups excluding carboxylic acids is 1. The number of aliphatic hydroxyl groups excluding tert-OH is 5. The lowest BCUT2D eigenvalue weighted by Gasteiger charge is -2.41. The Morgan fingerprint density at radius 2 is 1.52 bits per heavy atom. The maximum absolute atomic E-state index is 12.9. The van der Waals surface area contributed by atoms with Gasteiger partial charge >= 0.3 is 0 Å². The van der Waals surface area contributed by atoms with Crippen LogP contribution in [0, 0.1) is 0 Å². The average molecular weight is 466 g/mol. The molecule has 0 amide bonds. The van der Waals surface area contributed by atoms with Crippen molar-refractivity contribution in [1.82, 2.24) is 0 Å². The van der Waals surface area contributed by atoms with Crippen LogP contribution in [-0.2, 0) is 4.74 Å². The molecule has 0 bridgehead atoms. The lowest BCUT2D eigenvalue weighted by molar-refractivity contribution is -0.232. The summed E-state index contributed by atoms with van der Waals surface area (Å²) in [5, 5.41) is 90.7. The highest BCUT2D eigenvalue weighted by Crippen LogP contribution is 2.49. The molecule has 1 saturated heterocycles. The first-order chi connectivity index (χ1) is 15.6. The summed E-state index contributed by atoms with van der Waals surface area (Å²) in [6.45, 7) is -0.754. The topological polar surface area (TPSA) is 218 Å². The fraction of sp³-hybridized carbons (Fsp3) is 0.381. The van der Waals surface area contributed by atoms with Crippen LogP contribution in [0.1, 0.15) is 33.7 Å². The number of hydrogen-bond acceptors (Lipinski definition) is 12. The maximum atomic E-state index is 12.9. The van der Waals surface area contributed by atoms with Gasteiger partial charge in [0.15, 0.2) is 23.7 Å². The van der Waals surface area contributed by atoms with E-state index < -0.39 is 89.2 Å². The second kappa shape index (κ2) is 8.33. The van der Waals surface area contributed by atoms with Gasteiger partial charge in [-0.1, -0.05) is 6.07 Å². The summed E-state index contributed by atoms with van der Waals surface area (Å²) < 4.78 is 10.9. The molecule has 178 valence electrons. The maximum Gasteiger partial charge on any atom is 0.202 e. The largest absolute Gasteiger partial charge is 0.507 e. The van der Waals surface area contributed by atoms with Crippen LogP contribution < -0.4 is 4.74 Å². The summed E-state index contributed by atoms with van der Waals surface area (Å²) in [4.78, 5) is 12.9. The van der Waals surface area contributed by atoms with Crippen molar-refractivity contribution in [3.8, 4) is 28.7 Å². The number of carbonyl (C=O) groups is 1. The van der Waals surface area contributed by atoms with E-state index in [9.17, 15) is 50.8 Å². The van der Waals surface area contributed by atoms with Gasteiger partial charge in [-0.05, 0) is 17.7 Å². The smallest absolute Gasteiger partial charge is 0.202 e. The number of aromatic hydroxyl groups is 4. The monoisotopic (exact) mass is 466 g/mol. The van der Waals surface area contributed by atoms with Gasteiger partial charge in [-0.2, -0.15) is 0 Å². The number of phenols is 4. The van der Waals surface area contributed by atoms with Gasteiger partial charge in [0.25, 0.3) is 0 Å². The predicted molar refractivity (Wildman–Crippen MR) is 106 cm³/mol. The van der Waals surface area contributed by atoms with Crippen LogP contribution >= 0.6 is 0 Å². The van der Waals surface area contributed by atoms with Crippen LogP contribution in [-0.4, -0.2) is 88.9 Å². The standard InChI is InChI=1S/C21H22O12/c22-5-11-14(26)17(29)19(31)21(33-11)12-9(25)4-10-13(15(12)27)16(28)18(30)20(32-10)6-1-2-7(23)8(24)3-6/h1-4,11,14,17-27,29-31H,5H2/t11-,14-,17+,18?,19-,20?,21+/m1/s1. The molecule has 7 atom stereocenters. The van der Waals surface area contributed by atoms with Gasteiger partial charge in [-0.3, -0.25) is 4.79 Å². The molecular weight excluding hydrogens is 444 g/mol. The fourth-order valence-corrected chi connectivity index (χ4v) is 4.05. The minimum absolute atomic E-state index is 0.119. The lowest BCUT2D eigenvalue weighted by atomic mass is 9.86. The average Bonchev–Trinajstić information content (AvgIpc) is 2.77. The SMILES string of the molecule is O=C1c2c(cc(O)c([C@@H]3O[C@H](CO)[C@@H](O)[C@H](O)[C@H]3O)c2O)OC(c2ccc(O)c(O)c2)C1O. The third-order valence-corrected chi connectivity index (χ3v) is 5.84.